The third-order valence-electron chi connectivity index (χ3n) is 3.53. The molecule has 2 nitrogen and oxygen atoms in total. The van der Waals surface area contributed by atoms with Gasteiger partial charge in [-0.3, -0.25) is 0 Å². The van der Waals surface area contributed by atoms with E-state index in [0.29, 0.717) is 5.69 Å². The van der Waals surface area contributed by atoms with Crippen molar-refractivity contribution in [2.24, 2.45) is 5.41 Å². The quantitative estimate of drug-likeness (QED) is 0.875. The molecule has 5 heteroatoms. The lowest BCUT2D eigenvalue weighted by Gasteiger charge is -2.22. The summed E-state index contributed by atoms with van der Waals surface area (Å²) >= 11 is 0. The second-order valence-corrected chi connectivity index (χ2v) is 5.10. The maximum Gasteiger partial charge on any atom is 0.573 e. The van der Waals surface area contributed by atoms with Gasteiger partial charge in [-0.25, -0.2) is 0 Å². The predicted octanol–water partition coefficient (Wildman–Crippen LogP) is 4.19. The van der Waals surface area contributed by atoms with Crippen LogP contribution in [0.5, 0.6) is 5.75 Å². The van der Waals surface area contributed by atoms with Gasteiger partial charge in [-0.1, -0.05) is 13.0 Å². The summed E-state index contributed by atoms with van der Waals surface area (Å²) in [5.74, 6) is -0.194. The van der Waals surface area contributed by atoms with Crippen LogP contribution in [0.15, 0.2) is 24.3 Å². The number of ether oxygens (including phenoxy) is 1. The van der Waals surface area contributed by atoms with Gasteiger partial charge in [0.2, 0.25) is 0 Å². The average Bonchev–Trinajstić information content (AvgIpc) is 2.95. The van der Waals surface area contributed by atoms with Gasteiger partial charge in [0.15, 0.2) is 0 Å². The van der Waals surface area contributed by atoms with E-state index in [2.05, 4.69) is 17.0 Å². The van der Waals surface area contributed by atoms with Gasteiger partial charge in [0.05, 0.1) is 0 Å². The van der Waals surface area contributed by atoms with Gasteiger partial charge in [0.1, 0.15) is 5.75 Å². The molecule has 0 saturated heterocycles. The molecule has 1 fully saturated rings. The number of anilines is 1. The Kier molecular flexibility index (Phi) is 3.17. The zero-order valence-corrected chi connectivity index (χ0v) is 10.3. The first-order valence-corrected chi connectivity index (χ1v) is 5.91. The topological polar surface area (TPSA) is 21.3 Å². The monoisotopic (exact) mass is 259 g/mol. The zero-order chi connectivity index (χ0) is 13.4. The number of hydrogen-bond donors (Lipinski definition) is 1. The van der Waals surface area contributed by atoms with Crippen LogP contribution in [0, 0.1) is 5.41 Å². The zero-order valence-electron chi connectivity index (χ0n) is 10.3. The van der Waals surface area contributed by atoms with Crippen molar-refractivity contribution < 1.29 is 17.9 Å². The van der Waals surface area contributed by atoms with Crippen LogP contribution >= 0.6 is 0 Å². The highest BCUT2D eigenvalue weighted by atomic mass is 19.4. The molecule has 0 aliphatic heterocycles. The van der Waals surface area contributed by atoms with Gasteiger partial charge < -0.3 is 10.1 Å². The fourth-order valence-electron chi connectivity index (χ4n) is 1.84. The molecule has 0 aromatic heterocycles. The number of alkyl halides is 3. The maximum absolute atomic E-state index is 12.1. The number of halogens is 3. The molecule has 0 heterocycles. The van der Waals surface area contributed by atoms with Gasteiger partial charge in [-0.2, -0.15) is 0 Å². The van der Waals surface area contributed by atoms with E-state index < -0.39 is 6.36 Å². The van der Waals surface area contributed by atoms with Crippen LogP contribution in [-0.2, 0) is 0 Å². The largest absolute Gasteiger partial charge is 0.573 e. The van der Waals surface area contributed by atoms with Crippen molar-refractivity contribution in [2.75, 3.05) is 5.32 Å². The van der Waals surface area contributed by atoms with E-state index in [1.165, 1.54) is 12.1 Å². The number of hydrogen-bond acceptors (Lipinski definition) is 2. The van der Waals surface area contributed by atoms with E-state index >= 15 is 0 Å². The summed E-state index contributed by atoms with van der Waals surface area (Å²) in [6.07, 6.45) is -2.34. The first-order valence-electron chi connectivity index (χ1n) is 5.91. The molecule has 0 spiro atoms. The third-order valence-corrected chi connectivity index (χ3v) is 3.53. The number of rotatable bonds is 4. The van der Waals surface area contributed by atoms with E-state index in [9.17, 15) is 13.2 Å². The van der Waals surface area contributed by atoms with Gasteiger partial charge in [-0.05, 0) is 37.3 Å². The Morgan fingerprint density at radius 3 is 2.56 bits per heavy atom. The molecule has 1 aromatic carbocycles. The molecule has 18 heavy (non-hydrogen) atoms. The van der Waals surface area contributed by atoms with Crippen molar-refractivity contribution in [1.29, 1.82) is 0 Å². The van der Waals surface area contributed by atoms with Crippen molar-refractivity contribution in [3.8, 4) is 5.75 Å². The summed E-state index contributed by atoms with van der Waals surface area (Å²) in [4.78, 5) is 0. The van der Waals surface area contributed by atoms with Gasteiger partial charge >= 0.3 is 6.36 Å². The van der Waals surface area contributed by atoms with Gasteiger partial charge in [-0.15, -0.1) is 13.2 Å². The fourth-order valence-corrected chi connectivity index (χ4v) is 1.84. The lowest BCUT2D eigenvalue weighted by atomic mass is 10.0. The summed E-state index contributed by atoms with van der Waals surface area (Å²) in [5.41, 5.74) is 0.915. The van der Waals surface area contributed by atoms with Gasteiger partial charge in [0.25, 0.3) is 0 Å². The Bertz CT molecular complexity index is 426. The van der Waals surface area contributed by atoms with Crippen LogP contribution in [0.4, 0.5) is 18.9 Å². The summed E-state index contributed by atoms with van der Waals surface area (Å²) in [6, 6.07) is 6.19. The molecule has 1 unspecified atom stereocenters. The Hall–Kier alpha value is -1.39. The lowest BCUT2D eigenvalue weighted by Crippen LogP contribution is -2.25. The molecular weight excluding hydrogens is 243 g/mol. The summed E-state index contributed by atoms with van der Waals surface area (Å²) < 4.78 is 40.2. The minimum Gasteiger partial charge on any atom is -0.406 e. The second kappa shape index (κ2) is 4.37. The summed E-state index contributed by atoms with van der Waals surface area (Å²) in [6.45, 7) is 4.21. The van der Waals surface area contributed by atoms with Crippen LogP contribution in [-0.4, -0.2) is 12.4 Å². The SMILES string of the molecule is CC(Nc1cccc(OC(F)(F)F)c1)C1(C)CC1. The predicted molar refractivity (Wildman–Crippen MR) is 63.6 cm³/mol. The van der Waals surface area contributed by atoms with E-state index in [4.69, 9.17) is 0 Å². The maximum atomic E-state index is 12.1. The van der Waals surface area contributed by atoms with Crippen molar-refractivity contribution in [1.82, 2.24) is 0 Å². The van der Waals surface area contributed by atoms with E-state index in [0.717, 1.165) is 12.8 Å². The van der Waals surface area contributed by atoms with Crippen molar-refractivity contribution in [2.45, 2.75) is 39.1 Å². The summed E-state index contributed by atoms with van der Waals surface area (Å²) in [7, 11) is 0. The van der Waals surface area contributed by atoms with Crippen molar-refractivity contribution in [3.63, 3.8) is 0 Å². The highest BCUT2D eigenvalue weighted by Crippen LogP contribution is 2.48. The molecule has 1 saturated carbocycles. The van der Waals surface area contributed by atoms with Crippen LogP contribution in [0.1, 0.15) is 26.7 Å². The molecule has 1 aliphatic rings. The Morgan fingerprint density at radius 1 is 1.33 bits per heavy atom. The standard InChI is InChI=1S/C13H16F3NO/c1-9(12(2)6-7-12)17-10-4-3-5-11(8-10)18-13(14,15)16/h3-5,8-9,17H,6-7H2,1-2H3. The smallest absolute Gasteiger partial charge is 0.406 e. The van der Waals surface area contributed by atoms with E-state index in [1.54, 1.807) is 12.1 Å². The molecule has 1 atom stereocenters. The first kappa shape index (κ1) is 13.1. The molecule has 2 rings (SSSR count). The molecule has 1 N–H and O–H groups in total. The fraction of sp³-hybridized carbons (Fsp3) is 0.538. The molecule has 100 valence electrons. The molecule has 0 bridgehead atoms. The Balaban J connectivity index is 2.03. The minimum atomic E-state index is -4.65. The number of nitrogens with one attached hydrogen (secondary N) is 1. The van der Waals surface area contributed by atoms with Crippen molar-refractivity contribution >= 4 is 5.69 Å². The highest BCUT2D eigenvalue weighted by molar-refractivity contribution is 5.49. The molecule has 0 radical (unpaired) electrons. The molecule has 1 aliphatic carbocycles. The molecule has 0 amide bonds. The first-order chi connectivity index (χ1) is 8.28. The van der Waals surface area contributed by atoms with Crippen LogP contribution < -0.4 is 10.1 Å². The minimum absolute atomic E-state index is 0.194. The van der Waals surface area contributed by atoms with Crippen LogP contribution in [0.25, 0.3) is 0 Å². The van der Waals surface area contributed by atoms with E-state index in [-0.39, 0.29) is 17.2 Å². The number of benzene rings is 1. The third kappa shape index (κ3) is 3.31. The Labute approximate surface area is 104 Å². The lowest BCUT2D eigenvalue weighted by molar-refractivity contribution is -0.274. The molecule has 1 aromatic rings. The molecular formula is C13H16F3NO. The highest BCUT2D eigenvalue weighted by Gasteiger charge is 2.42. The Morgan fingerprint density at radius 2 is 2.00 bits per heavy atom. The van der Waals surface area contributed by atoms with Crippen LogP contribution in [0.3, 0.4) is 0 Å². The average molecular weight is 259 g/mol. The summed E-state index contributed by atoms with van der Waals surface area (Å²) in [5, 5.41) is 3.22. The van der Waals surface area contributed by atoms with Crippen molar-refractivity contribution in [3.05, 3.63) is 24.3 Å². The van der Waals surface area contributed by atoms with Crippen LogP contribution in [0.2, 0.25) is 0 Å². The normalized spacial score (nSPS) is 19.2. The van der Waals surface area contributed by atoms with E-state index in [1.807, 2.05) is 6.92 Å². The van der Waals surface area contributed by atoms with Gasteiger partial charge in [0, 0.05) is 17.8 Å². The second-order valence-electron chi connectivity index (χ2n) is 5.10.